The molecule has 0 spiro atoms. The third-order valence-electron chi connectivity index (χ3n) is 2.10. The number of nitrogens with one attached hydrogen (secondary N) is 1. The predicted molar refractivity (Wildman–Crippen MR) is 60.8 cm³/mol. The molecule has 0 fully saturated rings. The van der Waals surface area contributed by atoms with Gasteiger partial charge in [0, 0.05) is 17.7 Å². The topological polar surface area (TPSA) is 55.2 Å². The van der Waals surface area contributed by atoms with Crippen molar-refractivity contribution in [1.29, 1.82) is 0 Å². The van der Waals surface area contributed by atoms with E-state index in [0.717, 1.165) is 0 Å². The van der Waals surface area contributed by atoms with Crippen LogP contribution in [0.4, 0.5) is 0 Å². The molecular formula is C12H10N2O2. The summed E-state index contributed by atoms with van der Waals surface area (Å²) in [6, 6.07) is 8.96. The molecule has 0 aliphatic carbocycles. The summed E-state index contributed by atoms with van der Waals surface area (Å²) in [5.74, 6) is -0.0968. The van der Waals surface area contributed by atoms with Crippen molar-refractivity contribution in [3.63, 3.8) is 0 Å². The highest BCUT2D eigenvalue weighted by atomic mass is 16.5. The molecule has 80 valence electrons. The summed E-state index contributed by atoms with van der Waals surface area (Å²) < 4.78 is 0.629. The second-order valence-corrected chi connectivity index (χ2v) is 3.28. The van der Waals surface area contributed by atoms with Gasteiger partial charge in [-0.05, 0) is 0 Å². The summed E-state index contributed by atoms with van der Waals surface area (Å²) in [5, 5.41) is 13.5. The fraction of sp³-hybridized carbons (Fsp3) is 0. The Morgan fingerprint density at radius 1 is 1.31 bits per heavy atom. The average Bonchev–Trinajstić information content (AvgIpc) is 2.33. The third-order valence-corrected chi connectivity index (χ3v) is 2.10. The van der Waals surface area contributed by atoms with Gasteiger partial charge in [0.15, 0.2) is 5.78 Å². The van der Waals surface area contributed by atoms with Crippen LogP contribution in [0.25, 0.3) is 0 Å². The lowest BCUT2D eigenvalue weighted by Gasteiger charge is -2.07. The summed E-state index contributed by atoms with van der Waals surface area (Å²) in [6.07, 6.45) is 5.58. The number of hydroxylamine groups is 1. The second kappa shape index (κ2) is 4.44. The lowest BCUT2D eigenvalue weighted by atomic mass is 10.1. The molecule has 4 heteroatoms. The molecule has 16 heavy (non-hydrogen) atoms. The molecule has 1 heterocycles. The summed E-state index contributed by atoms with van der Waals surface area (Å²) in [6.45, 7) is 0. The molecule has 1 aliphatic rings. The van der Waals surface area contributed by atoms with Crippen LogP contribution in [0.15, 0.2) is 54.4 Å². The number of rotatable bonds is 2. The summed E-state index contributed by atoms with van der Waals surface area (Å²) in [5.41, 5.74) is 1.22. The molecule has 2 rings (SSSR count). The van der Waals surface area contributed by atoms with Crippen molar-refractivity contribution in [1.82, 2.24) is 5.32 Å². The molecule has 4 nitrogen and oxygen atoms in total. The highest BCUT2D eigenvalue weighted by molar-refractivity contribution is 6.05. The Balaban J connectivity index is 2.14. The first-order valence-electron chi connectivity index (χ1n) is 4.80. The van der Waals surface area contributed by atoms with E-state index in [2.05, 4.69) is 5.32 Å². The zero-order valence-corrected chi connectivity index (χ0v) is 8.46. The zero-order chi connectivity index (χ0) is 11.4. The maximum absolute atomic E-state index is 11.7. The van der Waals surface area contributed by atoms with Crippen LogP contribution in [0, 0.1) is 5.21 Å². The van der Waals surface area contributed by atoms with Gasteiger partial charge in [-0.3, -0.25) is 4.79 Å². The third kappa shape index (κ3) is 2.36. The maximum Gasteiger partial charge on any atom is 0.244 e. The van der Waals surface area contributed by atoms with E-state index in [1.165, 1.54) is 18.6 Å². The Hall–Kier alpha value is -2.36. The molecule has 0 atom stereocenters. The van der Waals surface area contributed by atoms with Gasteiger partial charge >= 0.3 is 0 Å². The van der Waals surface area contributed by atoms with Crippen molar-refractivity contribution in [2.75, 3.05) is 0 Å². The van der Waals surface area contributed by atoms with E-state index >= 15 is 0 Å². The SMILES string of the molecule is O=C(C=C1C=C[N+]([O-])=CN1)c1ccccc1. The number of hydrogen-bond acceptors (Lipinski definition) is 3. The molecule has 1 aromatic carbocycles. The van der Waals surface area contributed by atoms with Crippen molar-refractivity contribution < 1.29 is 9.53 Å². The van der Waals surface area contributed by atoms with E-state index in [1.54, 1.807) is 30.3 Å². The lowest BCUT2D eigenvalue weighted by molar-refractivity contribution is -0.376. The van der Waals surface area contributed by atoms with Crippen molar-refractivity contribution in [3.05, 3.63) is 65.2 Å². The first kappa shape index (κ1) is 10.2. The van der Waals surface area contributed by atoms with E-state index in [4.69, 9.17) is 0 Å². The number of ketones is 1. The molecule has 0 unspecified atom stereocenters. The van der Waals surface area contributed by atoms with Gasteiger partial charge in [-0.15, -0.1) is 0 Å². The van der Waals surface area contributed by atoms with E-state index in [1.807, 2.05) is 6.07 Å². The molecule has 0 saturated carbocycles. The fourth-order valence-corrected chi connectivity index (χ4v) is 1.30. The van der Waals surface area contributed by atoms with E-state index < -0.39 is 0 Å². The van der Waals surface area contributed by atoms with Crippen LogP contribution in [0.2, 0.25) is 0 Å². The monoisotopic (exact) mass is 214 g/mol. The number of hydrogen-bond donors (Lipinski definition) is 1. The van der Waals surface area contributed by atoms with Gasteiger partial charge in [0.25, 0.3) is 0 Å². The standard InChI is InChI=1S/C12H10N2O2/c15-12(10-4-2-1-3-5-10)8-11-6-7-14(16)9-13-11/h1-9,13H. The minimum absolute atomic E-state index is 0.0968. The summed E-state index contributed by atoms with van der Waals surface area (Å²) in [4.78, 5) is 11.7. The van der Waals surface area contributed by atoms with E-state index in [-0.39, 0.29) is 5.78 Å². The average molecular weight is 214 g/mol. The molecule has 0 radical (unpaired) electrons. The Bertz CT molecular complexity index is 487. The van der Waals surface area contributed by atoms with Crippen molar-refractivity contribution >= 4 is 12.1 Å². The minimum atomic E-state index is -0.0968. The number of nitrogens with zero attached hydrogens (tertiary/aromatic N) is 1. The van der Waals surface area contributed by atoms with Crippen LogP contribution in [0.1, 0.15) is 10.4 Å². The van der Waals surface area contributed by atoms with Crippen LogP contribution in [0.5, 0.6) is 0 Å². The number of benzene rings is 1. The number of allylic oxidation sites excluding steroid dienone is 2. The highest BCUT2D eigenvalue weighted by Crippen LogP contribution is 2.04. The zero-order valence-electron chi connectivity index (χ0n) is 8.46. The van der Waals surface area contributed by atoms with Crippen LogP contribution in [-0.4, -0.2) is 16.9 Å². The van der Waals surface area contributed by atoms with Crippen LogP contribution in [0.3, 0.4) is 0 Å². The van der Waals surface area contributed by atoms with Crippen molar-refractivity contribution in [3.8, 4) is 0 Å². The lowest BCUT2D eigenvalue weighted by Crippen LogP contribution is -2.20. The molecule has 0 amide bonds. The van der Waals surface area contributed by atoms with Crippen molar-refractivity contribution in [2.24, 2.45) is 0 Å². The number of carbonyl (C=O) groups is 1. The highest BCUT2D eigenvalue weighted by Gasteiger charge is 2.06. The quantitative estimate of drug-likeness (QED) is 0.350. The van der Waals surface area contributed by atoms with Gasteiger partial charge in [0.05, 0.1) is 6.20 Å². The Morgan fingerprint density at radius 2 is 2.06 bits per heavy atom. The van der Waals surface area contributed by atoms with Gasteiger partial charge in [-0.2, -0.15) is 0 Å². The molecule has 0 saturated heterocycles. The first-order valence-corrected chi connectivity index (χ1v) is 4.80. The van der Waals surface area contributed by atoms with Crippen molar-refractivity contribution in [2.45, 2.75) is 0 Å². The molecule has 1 aliphatic heterocycles. The smallest absolute Gasteiger partial charge is 0.244 e. The molecule has 0 aromatic heterocycles. The van der Waals surface area contributed by atoms with Gasteiger partial charge in [-0.1, -0.05) is 30.3 Å². The molecular weight excluding hydrogens is 204 g/mol. The Morgan fingerprint density at radius 3 is 2.69 bits per heavy atom. The minimum Gasteiger partial charge on any atom is -0.711 e. The van der Waals surface area contributed by atoms with E-state index in [0.29, 0.717) is 16.0 Å². The largest absolute Gasteiger partial charge is 0.711 e. The molecule has 1 N–H and O–H groups in total. The van der Waals surface area contributed by atoms with E-state index in [9.17, 15) is 10.0 Å². The van der Waals surface area contributed by atoms with Crippen LogP contribution in [-0.2, 0) is 0 Å². The molecule has 1 aromatic rings. The van der Waals surface area contributed by atoms with Gasteiger partial charge in [0.2, 0.25) is 6.34 Å². The van der Waals surface area contributed by atoms with Crippen LogP contribution >= 0.6 is 0 Å². The summed E-state index contributed by atoms with van der Waals surface area (Å²) >= 11 is 0. The number of carbonyl (C=O) groups excluding carboxylic acids is 1. The molecule has 0 bridgehead atoms. The second-order valence-electron chi connectivity index (χ2n) is 3.28. The van der Waals surface area contributed by atoms with Gasteiger partial charge in [0.1, 0.15) is 5.70 Å². The first-order chi connectivity index (χ1) is 7.75. The Kier molecular flexibility index (Phi) is 2.82. The maximum atomic E-state index is 11.7. The Labute approximate surface area is 92.8 Å². The van der Waals surface area contributed by atoms with Gasteiger partial charge < -0.3 is 5.21 Å². The normalized spacial score (nSPS) is 16.8. The fourth-order valence-electron chi connectivity index (χ4n) is 1.30. The van der Waals surface area contributed by atoms with Crippen LogP contribution < -0.4 is 5.32 Å². The van der Waals surface area contributed by atoms with Gasteiger partial charge in [-0.25, -0.2) is 10.1 Å². The predicted octanol–water partition coefficient (Wildman–Crippen LogP) is 1.41. The summed E-state index contributed by atoms with van der Waals surface area (Å²) in [7, 11) is 0.